The van der Waals surface area contributed by atoms with Crippen LogP contribution in [0, 0.1) is 11.3 Å². The lowest BCUT2D eigenvalue weighted by molar-refractivity contribution is 0.350. The first kappa shape index (κ1) is 14.6. The Kier molecular flexibility index (Phi) is 4.01. The maximum atomic E-state index is 12.9. The Morgan fingerprint density at radius 3 is 2.57 bits per heavy atom. The molecule has 0 amide bonds. The highest BCUT2D eigenvalue weighted by atomic mass is 32.2. The summed E-state index contributed by atoms with van der Waals surface area (Å²) in [5, 5.41) is 9.01. The third-order valence-electron chi connectivity index (χ3n) is 4.64. The molecule has 112 valence electrons. The van der Waals surface area contributed by atoms with Crippen molar-refractivity contribution in [1.82, 2.24) is 4.31 Å². The second-order valence-corrected chi connectivity index (χ2v) is 7.82. The van der Waals surface area contributed by atoms with Gasteiger partial charge in [-0.3, -0.25) is 0 Å². The minimum Gasteiger partial charge on any atom is -0.207 e. The van der Waals surface area contributed by atoms with Crippen LogP contribution in [0.1, 0.15) is 43.2 Å². The van der Waals surface area contributed by atoms with Crippen LogP contribution in [0.4, 0.5) is 0 Å². The summed E-state index contributed by atoms with van der Waals surface area (Å²) < 4.78 is 27.2. The van der Waals surface area contributed by atoms with Gasteiger partial charge in [-0.1, -0.05) is 18.9 Å². The molecule has 3 rings (SSSR count). The Labute approximate surface area is 126 Å². The molecule has 21 heavy (non-hydrogen) atoms. The van der Waals surface area contributed by atoms with Gasteiger partial charge in [0.05, 0.1) is 11.0 Å². The lowest BCUT2D eigenvalue weighted by Crippen LogP contribution is -2.39. The van der Waals surface area contributed by atoms with Gasteiger partial charge >= 0.3 is 0 Å². The van der Waals surface area contributed by atoms with Crippen LogP contribution in [0.25, 0.3) is 0 Å². The van der Waals surface area contributed by atoms with E-state index in [-0.39, 0.29) is 12.6 Å². The number of aryl methyl sites for hydroxylation is 2. The molecule has 0 saturated heterocycles. The summed E-state index contributed by atoms with van der Waals surface area (Å²) in [6, 6.07) is 7.47. The standard InChI is InChI=1S/C16H20N2O2S/c17-10-11-18(15-6-1-2-7-15)21(19,20)16-9-8-13-4-3-5-14(13)12-16/h8-9,12,15H,1-7,11H2. The van der Waals surface area contributed by atoms with Crippen molar-refractivity contribution < 1.29 is 8.42 Å². The fourth-order valence-corrected chi connectivity index (χ4v) is 5.15. The normalized spacial score (nSPS) is 18.9. The van der Waals surface area contributed by atoms with Crippen molar-refractivity contribution in [1.29, 1.82) is 5.26 Å². The Balaban J connectivity index is 1.95. The van der Waals surface area contributed by atoms with E-state index in [0.717, 1.165) is 50.5 Å². The van der Waals surface area contributed by atoms with Crippen molar-refractivity contribution in [2.24, 2.45) is 0 Å². The molecule has 0 radical (unpaired) electrons. The fourth-order valence-electron chi connectivity index (χ4n) is 3.52. The predicted molar refractivity (Wildman–Crippen MR) is 80.2 cm³/mol. The summed E-state index contributed by atoms with van der Waals surface area (Å²) in [5.74, 6) is 0. The summed E-state index contributed by atoms with van der Waals surface area (Å²) in [6.07, 6.45) is 6.93. The zero-order valence-corrected chi connectivity index (χ0v) is 12.9. The highest BCUT2D eigenvalue weighted by Crippen LogP contribution is 2.30. The molecule has 2 aliphatic rings. The van der Waals surface area contributed by atoms with Crippen molar-refractivity contribution in [2.75, 3.05) is 6.54 Å². The molecule has 0 aromatic heterocycles. The van der Waals surface area contributed by atoms with Crippen LogP contribution in [-0.4, -0.2) is 25.3 Å². The maximum absolute atomic E-state index is 12.9. The van der Waals surface area contributed by atoms with Crippen LogP contribution in [0.3, 0.4) is 0 Å². The van der Waals surface area contributed by atoms with Crippen LogP contribution in [0.2, 0.25) is 0 Å². The smallest absolute Gasteiger partial charge is 0.207 e. The Morgan fingerprint density at radius 2 is 1.86 bits per heavy atom. The molecule has 0 atom stereocenters. The number of hydrogen-bond acceptors (Lipinski definition) is 3. The third-order valence-corrected chi connectivity index (χ3v) is 6.53. The second kappa shape index (κ2) is 5.78. The first-order chi connectivity index (χ1) is 10.1. The quantitative estimate of drug-likeness (QED) is 0.803. The van der Waals surface area contributed by atoms with Gasteiger partial charge in [-0.15, -0.1) is 0 Å². The van der Waals surface area contributed by atoms with Crippen molar-refractivity contribution >= 4 is 10.0 Å². The van der Waals surface area contributed by atoms with E-state index in [2.05, 4.69) is 0 Å². The van der Waals surface area contributed by atoms with Crippen LogP contribution >= 0.6 is 0 Å². The summed E-state index contributed by atoms with van der Waals surface area (Å²) in [4.78, 5) is 0.352. The highest BCUT2D eigenvalue weighted by Gasteiger charge is 2.33. The van der Waals surface area contributed by atoms with Crippen molar-refractivity contribution in [3.63, 3.8) is 0 Å². The molecule has 0 N–H and O–H groups in total. The zero-order valence-electron chi connectivity index (χ0n) is 12.1. The van der Waals surface area contributed by atoms with Gasteiger partial charge in [-0.25, -0.2) is 8.42 Å². The van der Waals surface area contributed by atoms with Crippen molar-refractivity contribution in [3.8, 4) is 6.07 Å². The Hall–Kier alpha value is -1.38. The maximum Gasteiger partial charge on any atom is 0.244 e. The van der Waals surface area contributed by atoms with Gasteiger partial charge in [0.15, 0.2) is 0 Å². The molecule has 0 aliphatic heterocycles. The van der Waals surface area contributed by atoms with Gasteiger partial charge in [0.2, 0.25) is 10.0 Å². The van der Waals surface area contributed by atoms with E-state index in [0.29, 0.717) is 4.90 Å². The van der Waals surface area contributed by atoms with E-state index in [1.165, 1.54) is 9.87 Å². The van der Waals surface area contributed by atoms with Gasteiger partial charge in [-0.2, -0.15) is 9.57 Å². The van der Waals surface area contributed by atoms with Gasteiger partial charge in [0.1, 0.15) is 6.54 Å². The molecule has 4 nitrogen and oxygen atoms in total. The molecule has 1 saturated carbocycles. The summed E-state index contributed by atoms with van der Waals surface area (Å²) in [5.41, 5.74) is 2.42. The Morgan fingerprint density at radius 1 is 1.14 bits per heavy atom. The highest BCUT2D eigenvalue weighted by molar-refractivity contribution is 7.89. The van der Waals surface area contributed by atoms with Gasteiger partial charge in [-0.05, 0) is 55.4 Å². The lowest BCUT2D eigenvalue weighted by Gasteiger charge is -2.25. The number of nitrogens with zero attached hydrogens (tertiary/aromatic N) is 2. The van der Waals surface area contributed by atoms with Gasteiger partial charge in [0, 0.05) is 6.04 Å². The van der Waals surface area contributed by atoms with E-state index in [1.54, 1.807) is 6.07 Å². The van der Waals surface area contributed by atoms with Crippen LogP contribution < -0.4 is 0 Å². The molecule has 0 heterocycles. The molecule has 1 fully saturated rings. The average Bonchev–Trinajstić information content (AvgIpc) is 3.14. The lowest BCUT2D eigenvalue weighted by atomic mass is 10.1. The summed E-state index contributed by atoms with van der Waals surface area (Å²) in [7, 11) is -3.56. The summed E-state index contributed by atoms with van der Waals surface area (Å²) >= 11 is 0. The van der Waals surface area contributed by atoms with Crippen LogP contribution in [0.15, 0.2) is 23.1 Å². The minimum atomic E-state index is -3.56. The fraction of sp³-hybridized carbons (Fsp3) is 0.562. The van der Waals surface area contributed by atoms with Crippen molar-refractivity contribution in [3.05, 3.63) is 29.3 Å². The molecule has 1 aromatic rings. The predicted octanol–water partition coefficient (Wildman–Crippen LogP) is 2.63. The van der Waals surface area contributed by atoms with Crippen LogP contribution in [0.5, 0.6) is 0 Å². The monoisotopic (exact) mass is 304 g/mol. The largest absolute Gasteiger partial charge is 0.244 e. The van der Waals surface area contributed by atoms with E-state index in [1.807, 2.05) is 18.2 Å². The summed E-state index contributed by atoms with van der Waals surface area (Å²) in [6.45, 7) is -0.0515. The van der Waals surface area contributed by atoms with Crippen LogP contribution in [-0.2, 0) is 22.9 Å². The van der Waals surface area contributed by atoms with E-state index < -0.39 is 10.0 Å². The molecular formula is C16H20N2O2S. The number of rotatable bonds is 4. The number of benzene rings is 1. The molecule has 0 bridgehead atoms. The molecule has 2 aliphatic carbocycles. The average molecular weight is 304 g/mol. The second-order valence-electron chi connectivity index (χ2n) is 5.93. The van der Waals surface area contributed by atoms with E-state index in [4.69, 9.17) is 5.26 Å². The SMILES string of the molecule is N#CCN(C1CCCC1)S(=O)(=O)c1ccc2c(c1)CCC2. The van der Waals surface area contributed by atoms with Gasteiger partial charge < -0.3 is 0 Å². The number of sulfonamides is 1. The van der Waals surface area contributed by atoms with E-state index in [9.17, 15) is 8.42 Å². The first-order valence-electron chi connectivity index (χ1n) is 7.63. The minimum absolute atomic E-state index is 0.0112. The first-order valence-corrected chi connectivity index (χ1v) is 9.07. The molecule has 5 heteroatoms. The molecular weight excluding hydrogens is 284 g/mol. The zero-order chi connectivity index (χ0) is 14.9. The molecule has 0 unspecified atom stereocenters. The third kappa shape index (κ3) is 2.70. The molecule has 1 aromatic carbocycles. The number of hydrogen-bond donors (Lipinski definition) is 0. The van der Waals surface area contributed by atoms with Gasteiger partial charge in [0.25, 0.3) is 0 Å². The Bertz CT molecular complexity index is 670. The topological polar surface area (TPSA) is 61.2 Å². The van der Waals surface area contributed by atoms with E-state index >= 15 is 0 Å². The number of nitriles is 1. The van der Waals surface area contributed by atoms with Crippen molar-refractivity contribution in [2.45, 2.75) is 55.9 Å². The molecule has 0 spiro atoms. The number of fused-ring (bicyclic) bond motifs is 1.